The molecule has 1 atom stereocenters. The Morgan fingerprint density at radius 1 is 0.878 bits per heavy atom. The molecule has 0 fully saturated rings. The largest absolute Gasteiger partial charge is 0.496 e. The Balaban J connectivity index is 1.76. The van der Waals surface area contributed by atoms with Gasteiger partial charge in [0.15, 0.2) is 0 Å². The molecular formula is C32H33N3O6. The van der Waals surface area contributed by atoms with Crippen molar-refractivity contribution in [1.29, 1.82) is 0 Å². The third kappa shape index (κ3) is 4.36. The van der Waals surface area contributed by atoms with Gasteiger partial charge in [0, 0.05) is 37.0 Å². The summed E-state index contributed by atoms with van der Waals surface area (Å²) >= 11 is 0. The molecule has 3 aromatic carbocycles. The van der Waals surface area contributed by atoms with Crippen molar-refractivity contribution in [3.05, 3.63) is 64.2 Å². The Bertz CT molecular complexity index is 1610. The van der Waals surface area contributed by atoms with Crippen LogP contribution in [0.4, 0.5) is 11.4 Å². The summed E-state index contributed by atoms with van der Waals surface area (Å²) in [5.41, 5.74) is 1.97. The first-order valence-corrected chi connectivity index (χ1v) is 13.9. The number of hydrogen-bond acceptors (Lipinski definition) is 7. The summed E-state index contributed by atoms with van der Waals surface area (Å²) < 4.78 is 5.65. The van der Waals surface area contributed by atoms with E-state index in [1.54, 1.807) is 25.1 Å². The highest BCUT2D eigenvalue weighted by Gasteiger charge is 2.44. The fraction of sp³-hybridized carbons (Fsp3) is 0.344. The highest BCUT2D eigenvalue weighted by molar-refractivity contribution is 6.41. The highest BCUT2D eigenvalue weighted by atomic mass is 16.5. The Labute approximate surface area is 238 Å². The average molecular weight is 556 g/mol. The number of carbonyl (C=O) groups excluding carboxylic acids is 5. The molecule has 2 heterocycles. The summed E-state index contributed by atoms with van der Waals surface area (Å²) in [6, 6.07) is 9.26. The van der Waals surface area contributed by atoms with Crippen LogP contribution in [0.3, 0.4) is 0 Å². The second-order valence-electron chi connectivity index (χ2n) is 10.8. The van der Waals surface area contributed by atoms with Crippen LogP contribution in [0.2, 0.25) is 0 Å². The van der Waals surface area contributed by atoms with Gasteiger partial charge < -0.3 is 9.64 Å². The Hall–Kier alpha value is -4.53. The number of anilines is 2. The minimum Gasteiger partial charge on any atom is -0.496 e. The zero-order chi connectivity index (χ0) is 29.6. The van der Waals surface area contributed by atoms with Crippen LogP contribution in [0, 0.1) is 5.92 Å². The maximum atomic E-state index is 14.1. The Kier molecular flexibility index (Phi) is 7.38. The zero-order valence-electron chi connectivity index (χ0n) is 23.9. The van der Waals surface area contributed by atoms with E-state index in [1.807, 2.05) is 0 Å². The molecule has 2 aliphatic rings. The van der Waals surface area contributed by atoms with Gasteiger partial charge in [-0.15, -0.1) is 0 Å². The maximum absolute atomic E-state index is 14.1. The smallest absolute Gasteiger partial charge is 0.268 e. The van der Waals surface area contributed by atoms with Crippen LogP contribution >= 0.6 is 0 Å². The number of unbranched alkanes of at least 4 members (excludes halogenated alkanes) is 1. The number of rotatable bonds is 10. The van der Waals surface area contributed by atoms with Crippen LogP contribution in [-0.2, 0) is 0 Å². The summed E-state index contributed by atoms with van der Waals surface area (Å²) in [4.78, 5) is 71.2. The first kappa shape index (κ1) is 28.0. The fourth-order valence-electron chi connectivity index (χ4n) is 5.85. The molecule has 3 aromatic rings. The van der Waals surface area contributed by atoms with Crippen LogP contribution in [0.1, 0.15) is 91.3 Å². The number of nitrogens with zero attached hydrogens (tertiary/aromatic N) is 3. The van der Waals surface area contributed by atoms with Crippen molar-refractivity contribution in [2.24, 2.45) is 5.92 Å². The van der Waals surface area contributed by atoms with Crippen LogP contribution in [0.25, 0.3) is 10.8 Å². The lowest BCUT2D eigenvalue weighted by Gasteiger charge is -2.35. The quantitative estimate of drug-likeness (QED) is 0.246. The van der Waals surface area contributed by atoms with Crippen molar-refractivity contribution >= 4 is 52.1 Å². The van der Waals surface area contributed by atoms with Gasteiger partial charge in [-0.05, 0) is 48.7 Å². The lowest BCUT2D eigenvalue weighted by Crippen LogP contribution is -2.45. The van der Waals surface area contributed by atoms with Crippen molar-refractivity contribution in [2.45, 2.75) is 39.5 Å². The monoisotopic (exact) mass is 555 g/mol. The van der Waals surface area contributed by atoms with E-state index in [0.29, 0.717) is 23.2 Å². The highest BCUT2D eigenvalue weighted by Crippen LogP contribution is 2.46. The molecule has 5 rings (SSSR count). The summed E-state index contributed by atoms with van der Waals surface area (Å²) in [6.07, 6.45) is 4.42. The topological polar surface area (TPSA) is 104 Å². The second kappa shape index (κ2) is 10.8. The van der Waals surface area contributed by atoms with E-state index in [1.165, 1.54) is 42.3 Å². The fourth-order valence-corrected chi connectivity index (χ4v) is 5.85. The molecule has 9 heteroatoms. The van der Waals surface area contributed by atoms with Gasteiger partial charge in [-0.1, -0.05) is 33.1 Å². The molecule has 4 amide bonds. The van der Waals surface area contributed by atoms with Gasteiger partial charge in [0.25, 0.3) is 23.6 Å². The van der Waals surface area contributed by atoms with E-state index in [2.05, 4.69) is 13.8 Å². The summed E-state index contributed by atoms with van der Waals surface area (Å²) in [5, 5.41) is 0.544. The van der Waals surface area contributed by atoms with Crippen LogP contribution in [-0.4, -0.2) is 62.6 Å². The van der Waals surface area contributed by atoms with E-state index in [4.69, 9.17) is 4.74 Å². The molecule has 2 aliphatic heterocycles. The SMILES string of the molecule is CCCCC(CC)CN1C(=O)c2cc(N(C)C)c3c4c(cc(OC)c(c24)C1=O)C(=O)N(c1ccc(C=O)cc1)C3=O. The zero-order valence-corrected chi connectivity index (χ0v) is 23.9. The van der Waals surface area contributed by atoms with Crippen molar-refractivity contribution in [3.63, 3.8) is 0 Å². The molecule has 9 nitrogen and oxygen atoms in total. The standard InChI is InChI=1S/C32H33N3O6/c1-6-8-9-18(7-2)16-34-29(37)21-14-23(33(3)4)27-25-22(15-24(41-5)28(26(21)25)31(34)39)30(38)35(32(27)40)20-12-10-19(17-36)11-13-20/h10-15,17-18H,6-9,16H2,1-5H3. The lowest BCUT2D eigenvalue weighted by molar-refractivity contribution is 0.0576. The lowest BCUT2D eigenvalue weighted by atomic mass is 9.83. The number of imide groups is 2. The molecule has 41 heavy (non-hydrogen) atoms. The predicted molar refractivity (Wildman–Crippen MR) is 156 cm³/mol. The minimum absolute atomic E-state index is 0.152. The summed E-state index contributed by atoms with van der Waals surface area (Å²) in [7, 11) is 4.93. The number of hydrogen-bond donors (Lipinski definition) is 0. The predicted octanol–water partition coefficient (Wildman–Crippen LogP) is 5.34. The second-order valence-corrected chi connectivity index (χ2v) is 10.8. The third-order valence-electron chi connectivity index (χ3n) is 8.11. The van der Waals surface area contributed by atoms with E-state index in [0.717, 1.165) is 30.6 Å². The van der Waals surface area contributed by atoms with Gasteiger partial charge >= 0.3 is 0 Å². The molecule has 0 saturated heterocycles. The number of carbonyl (C=O) groups is 5. The first-order valence-electron chi connectivity index (χ1n) is 13.9. The molecule has 0 bridgehead atoms. The normalized spacial score (nSPS) is 15.0. The van der Waals surface area contributed by atoms with E-state index < -0.39 is 23.6 Å². The van der Waals surface area contributed by atoms with E-state index >= 15 is 0 Å². The minimum atomic E-state index is -0.610. The number of benzene rings is 3. The number of methoxy groups -OCH3 is 1. The molecule has 0 spiro atoms. The average Bonchev–Trinajstić information content (AvgIpc) is 2.98. The van der Waals surface area contributed by atoms with E-state index in [9.17, 15) is 24.0 Å². The molecule has 0 radical (unpaired) electrons. The molecule has 0 aromatic heterocycles. The molecule has 212 valence electrons. The number of amides is 4. The van der Waals surface area contributed by atoms with Crippen LogP contribution in [0.5, 0.6) is 5.75 Å². The van der Waals surface area contributed by atoms with E-state index in [-0.39, 0.29) is 51.2 Å². The van der Waals surface area contributed by atoms with Gasteiger partial charge in [0.2, 0.25) is 0 Å². The van der Waals surface area contributed by atoms with Crippen molar-refractivity contribution in [1.82, 2.24) is 4.90 Å². The van der Waals surface area contributed by atoms with Gasteiger partial charge in [-0.3, -0.25) is 28.9 Å². The molecular weight excluding hydrogens is 522 g/mol. The number of aldehydes is 1. The third-order valence-corrected chi connectivity index (χ3v) is 8.11. The molecule has 0 aliphatic carbocycles. The van der Waals surface area contributed by atoms with Gasteiger partial charge in [-0.25, -0.2) is 4.90 Å². The Morgan fingerprint density at radius 3 is 2.12 bits per heavy atom. The van der Waals surface area contributed by atoms with Gasteiger partial charge in [0.1, 0.15) is 12.0 Å². The van der Waals surface area contributed by atoms with Gasteiger partial charge in [-0.2, -0.15) is 0 Å². The van der Waals surface area contributed by atoms with Crippen molar-refractivity contribution < 1.29 is 28.7 Å². The van der Waals surface area contributed by atoms with Crippen molar-refractivity contribution in [2.75, 3.05) is 37.5 Å². The molecule has 0 N–H and O–H groups in total. The van der Waals surface area contributed by atoms with Gasteiger partial charge in [0.05, 0.1) is 40.7 Å². The maximum Gasteiger partial charge on any atom is 0.268 e. The summed E-state index contributed by atoms with van der Waals surface area (Å²) in [6.45, 7) is 4.44. The molecule has 1 unspecified atom stereocenters. The first-order chi connectivity index (χ1) is 19.7. The van der Waals surface area contributed by atoms with Crippen molar-refractivity contribution in [3.8, 4) is 5.75 Å². The summed E-state index contributed by atoms with van der Waals surface area (Å²) in [5.74, 6) is -1.81. The van der Waals surface area contributed by atoms with Crippen LogP contribution < -0.4 is 14.5 Å². The molecule has 0 saturated carbocycles. The van der Waals surface area contributed by atoms with Crippen LogP contribution in [0.15, 0.2) is 36.4 Å². The Morgan fingerprint density at radius 2 is 1.54 bits per heavy atom. The number of ether oxygens (including phenoxy) is 1.